The van der Waals surface area contributed by atoms with Gasteiger partial charge in [-0.3, -0.25) is 4.79 Å². The molecular formula is C20H17F3N2O4S2. The van der Waals surface area contributed by atoms with E-state index in [4.69, 9.17) is 9.88 Å². The van der Waals surface area contributed by atoms with Gasteiger partial charge in [-0.15, -0.1) is 0 Å². The van der Waals surface area contributed by atoms with E-state index in [2.05, 4.69) is 4.98 Å². The summed E-state index contributed by atoms with van der Waals surface area (Å²) in [6.45, 7) is -0.0556. The second kappa shape index (κ2) is 9.25. The van der Waals surface area contributed by atoms with Gasteiger partial charge in [0.05, 0.1) is 16.1 Å². The average Bonchev–Trinajstić information content (AvgIpc) is 2.64. The average molecular weight is 470 g/mol. The van der Waals surface area contributed by atoms with Crippen molar-refractivity contribution in [1.82, 2.24) is 4.98 Å². The lowest BCUT2D eigenvalue weighted by atomic mass is 10.1. The number of fused-ring (bicyclic) bond motifs is 1. The van der Waals surface area contributed by atoms with Crippen LogP contribution in [0.2, 0.25) is 0 Å². The molecule has 0 spiro atoms. The zero-order chi connectivity index (χ0) is 22.6. The molecule has 2 N–H and O–H groups in total. The van der Waals surface area contributed by atoms with E-state index in [1.165, 1.54) is 12.1 Å². The maximum atomic E-state index is 13.0. The highest BCUT2D eigenvalue weighted by molar-refractivity contribution is 8.00. The molecule has 0 aliphatic heterocycles. The van der Waals surface area contributed by atoms with E-state index in [9.17, 15) is 26.4 Å². The van der Waals surface area contributed by atoms with Gasteiger partial charge >= 0.3 is 5.51 Å². The molecule has 0 aliphatic carbocycles. The zero-order valence-corrected chi connectivity index (χ0v) is 17.6. The van der Waals surface area contributed by atoms with Crippen LogP contribution in [0.15, 0.2) is 59.5 Å². The minimum atomic E-state index is -4.58. The number of nitrogens with zero attached hydrogens (tertiary/aromatic N) is 1. The summed E-state index contributed by atoms with van der Waals surface area (Å²) in [4.78, 5) is 16.0. The van der Waals surface area contributed by atoms with Crippen LogP contribution in [0.4, 0.5) is 13.2 Å². The lowest BCUT2D eigenvalue weighted by Crippen LogP contribution is -2.24. The molecule has 0 fully saturated rings. The minimum absolute atomic E-state index is 0.0278. The van der Waals surface area contributed by atoms with Gasteiger partial charge < -0.3 is 4.74 Å². The van der Waals surface area contributed by atoms with Gasteiger partial charge in [0.15, 0.2) is 5.78 Å². The molecule has 2 aromatic carbocycles. The number of sulfonamides is 1. The number of alkyl halides is 3. The molecule has 6 nitrogen and oxygen atoms in total. The quantitative estimate of drug-likeness (QED) is 0.503. The third-order valence-corrected chi connectivity index (χ3v) is 5.52. The van der Waals surface area contributed by atoms with Crippen LogP contribution in [-0.2, 0) is 27.8 Å². The van der Waals surface area contributed by atoms with Crippen molar-refractivity contribution < 1.29 is 31.1 Å². The molecule has 164 valence electrons. The van der Waals surface area contributed by atoms with Gasteiger partial charge in [-0.25, -0.2) is 18.5 Å². The first-order valence-electron chi connectivity index (χ1n) is 8.87. The predicted molar refractivity (Wildman–Crippen MR) is 111 cm³/mol. The summed E-state index contributed by atoms with van der Waals surface area (Å²) in [5.41, 5.74) is -3.09. The molecule has 0 radical (unpaired) electrons. The Morgan fingerprint density at radius 2 is 1.84 bits per heavy atom. The van der Waals surface area contributed by atoms with Crippen LogP contribution in [0.5, 0.6) is 5.75 Å². The third kappa shape index (κ3) is 7.23. The van der Waals surface area contributed by atoms with E-state index in [1.54, 1.807) is 6.07 Å². The maximum absolute atomic E-state index is 13.0. The Labute approximate surface area is 180 Å². The third-order valence-electron chi connectivity index (χ3n) is 4.03. The van der Waals surface area contributed by atoms with Gasteiger partial charge in [0.1, 0.15) is 18.1 Å². The van der Waals surface area contributed by atoms with Crippen molar-refractivity contribution in [3.05, 3.63) is 65.9 Å². The van der Waals surface area contributed by atoms with E-state index in [0.717, 1.165) is 17.0 Å². The number of ether oxygens (including phenoxy) is 1. The molecule has 1 heterocycles. The standard InChI is InChI=1S/C20H17F3N2O4S2/c21-20(22,23)30-19-10-13(9-16(26)12-31(24,27)28)5-8-18(19)29-11-15-7-6-14-3-1-2-4-17(14)25-15/h1-8,10H,9,11-12H2,(H2,24,27,28). The Balaban J connectivity index is 1.79. The van der Waals surface area contributed by atoms with E-state index in [0.29, 0.717) is 5.69 Å². The smallest absolute Gasteiger partial charge is 0.446 e. The number of thioether (sulfide) groups is 1. The van der Waals surface area contributed by atoms with E-state index in [1.807, 2.05) is 30.3 Å². The molecule has 31 heavy (non-hydrogen) atoms. The summed E-state index contributed by atoms with van der Waals surface area (Å²) < 4.78 is 66.6. The van der Waals surface area contributed by atoms with Gasteiger partial charge in [0, 0.05) is 11.8 Å². The van der Waals surface area contributed by atoms with Crippen LogP contribution in [0.25, 0.3) is 10.9 Å². The topological polar surface area (TPSA) is 99.4 Å². The monoisotopic (exact) mass is 470 g/mol. The lowest BCUT2D eigenvalue weighted by Gasteiger charge is -2.14. The number of halogens is 3. The number of hydrogen-bond acceptors (Lipinski definition) is 6. The summed E-state index contributed by atoms with van der Waals surface area (Å²) in [6, 6.07) is 14.8. The number of rotatable bonds is 8. The Morgan fingerprint density at radius 1 is 1.10 bits per heavy atom. The molecule has 0 unspecified atom stereocenters. The first-order chi connectivity index (χ1) is 14.5. The molecule has 0 saturated heterocycles. The normalized spacial score (nSPS) is 12.1. The minimum Gasteiger partial charge on any atom is -0.486 e. The molecule has 1 aromatic heterocycles. The van der Waals surface area contributed by atoms with Crippen LogP contribution >= 0.6 is 11.8 Å². The number of aromatic nitrogens is 1. The zero-order valence-electron chi connectivity index (χ0n) is 15.9. The number of Topliss-reactive ketones (excluding diaryl/α,β-unsaturated/α-hetero) is 1. The summed E-state index contributed by atoms with van der Waals surface area (Å²) in [6.07, 6.45) is -0.367. The molecule has 3 rings (SSSR count). The van der Waals surface area contributed by atoms with Crippen LogP contribution in [0.1, 0.15) is 11.3 Å². The van der Waals surface area contributed by atoms with Crippen LogP contribution in [0.3, 0.4) is 0 Å². The molecule has 0 saturated carbocycles. The van der Waals surface area contributed by atoms with E-state index in [-0.39, 0.29) is 41.0 Å². The number of hydrogen-bond donors (Lipinski definition) is 1. The molecular weight excluding hydrogens is 453 g/mol. The summed E-state index contributed by atoms with van der Waals surface area (Å²) in [5.74, 6) is -1.64. The highest BCUT2D eigenvalue weighted by atomic mass is 32.2. The van der Waals surface area contributed by atoms with Crippen molar-refractivity contribution in [2.75, 3.05) is 5.75 Å². The molecule has 0 bridgehead atoms. The van der Waals surface area contributed by atoms with Crippen molar-refractivity contribution in [1.29, 1.82) is 0 Å². The number of para-hydroxylation sites is 1. The van der Waals surface area contributed by atoms with Gasteiger partial charge in [0.25, 0.3) is 0 Å². The summed E-state index contributed by atoms with van der Waals surface area (Å²) in [5, 5.41) is 5.75. The number of pyridine rings is 1. The van der Waals surface area contributed by atoms with Crippen molar-refractivity contribution in [2.24, 2.45) is 5.14 Å². The highest BCUT2D eigenvalue weighted by Crippen LogP contribution is 2.42. The van der Waals surface area contributed by atoms with Crippen molar-refractivity contribution in [3.63, 3.8) is 0 Å². The van der Waals surface area contributed by atoms with Crippen LogP contribution in [0, 0.1) is 0 Å². The second-order valence-corrected chi connectivity index (χ2v) is 9.36. The van der Waals surface area contributed by atoms with E-state index < -0.39 is 27.1 Å². The maximum Gasteiger partial charge on any atom is 0.446 e. The number of ketones is 1. The number of carbonyl (C=O) groups is 1. The summed E-state index contributed by atoms with van der Waals surface area (Å²) >= 11 is -0.380. The van der Waals surface area contributed by atoms with Gasteiger partial charge in [0.2, 0.25) is 10.0 Å². The van der Waals surface area contributed by atoms with Gasteiger partial charge in [-0.2, -0.15) is 13.2 Å². The van der Waals surface area contributed by atoms with Crippen molar-refractivity contribution in [2.45, 2.75) is 23.4 Å². The van der Waals surface area contributed by atoms with Crippen LogP contribution < -0.4 is 9.88 Å². The van der Waals surface area contributed by atoms with Gasteiger partial charge in [-0.1, -0.05) is 30.3 Å². The number of carbonyl (C=O) groups excluding carboxylic acids is 1. The Morgan fingerprint density at radius 3 is 2.55 bits per heavy atom. The molecule has 0 atom stereocenters. The number of benzene rings is 2. The molecule has 0 aliphatic rings. The van der Waals surface area contributed by atoms with Crippen molar-refractivity contribution in [3.8, 4) is 5.75 Å². The SMILES string of the molecule is NS(=O)(=O)CC(=O)Cc1ccc(OCc2ccc3ccccc3n2)c(SC(F)(F)F)c1. The van der Waals surface area contributed by atoms with Crippen LogP contribution in [-0.4, -0.2) is 30.4 Å². The lowest BCUT2D eigenvalue weighted by molar-refractivity contribution is -0.116. The number of nitrogens with two attached hydrogens (primary N) is 1. The fraction of sp³-hybridized carbons (Fsp3) is 0.200. The first-order valence-corrected chi connectivity index (χ1v) is 11.4. The molecule has 3 aromatic rings. The van der Waals surface area contributed by atoms with E-state index >= 15 is 0 Å². The second-order valence-electron chi connectivity index (χ2n) is 6.64. The molecule has 0 amide bonds. The Kier molecular flexibility index (Phi) is 6.87. The van der Waals surface area contributed by atoms with Crippen molar-refractivity contribution >= 4 is 38.5 Å². The largest absolute Gasteiger partial charge is 0.486 e. The van der Waals surface area contributed by atoms with Gasteiger partial charge in [-0.05, 0) is 41.6 Å². The predicted octanol–water partition coefficient (Wildman–Crippen LogP) is 3.83. The number of primary sulfonamides is 1. The Hall–Kier alpha value is -2.63. The summed E-state index contributed by atoms with van der Waals surface area (Å²) in [7, 11) is -4.01. The fourth-order valence-corrected chi connectivity index (χ4v) is 4.07. The first kappa shape index (κ1) is 23.0. The highest BCUT2D eigenvalue weighted by Gasteiger charge is 2.31. The molecule has 11 heteroatoms. The Bertz CT molecular complexity index is 1210. The fourth-order valence-electron chi connectivity index (χ4n) is 2.83.